The molecular formula is C12H17ClN2O4. The van der Waals surface area contributed by atoms with Crippen LogP contribution in [0.1, 0.15) is 6.42 Å². The summed E-state index contributed by atoms with van der Waals surface area (Å²) in [7, 11) is 1.29. The maximum atomic E-state index is 11.3. The van der Waals surface area contributed by atoms with Gasteiger partial charge in [-0.2, -0.15) is 0 Å². The molecule has 106 valence electrons. The van der Waals surface area contributed by atoms with Crippen molar-refractivity contribution < 1.29 is 19.1 Å². The Morgan fingerprint density at radius 1 is 1.37 bits per heavy atom. The summed E-state index contributed by atoms with van der Waals surface area (Å²) < 4.78 is 9.64. The van der Waals surface area contributed by atoms with E-state index < -0.39 is 5.97 Å². The van der Waals surface area contributed by atoms with Crippen LogP contribution in [0.2, 0.25) is 0 Å². The Kier molecular flexibility index (Phi) is 8.32. The number of benzene rings is 1. The summed E-state index contributed by atoms with van der Waals surface area (Å²) in [5, 5.41) is 2.67. The molecule has 0 aliphatic rings. The summed E-state index contributed by atoms with van der Waals surface area (Å²) in [6.45, 7) is 0.126. The minimum Gasteiger partial charge on any atom is -0.482 e. The lowest BCUT2D eigenvalue weighted by atomic mass is 10.3. The second kappa shape index (κ2) is 9.18. The van der Waals surface area contributed by atoms with Gasteiger partial charge in [-0.05, 0) is 12.1 Å². The highest BCUT2D eigenvalue weighted by molar-refractivity contribution is 5.91. The number of nitrogens with one attached hydrogen (secondary N) is 1. The molecule has 1 aromatic rings. The number of hydrogen-bond donors (Lipinski definition) is 2. The maximum Gasteiger partial charge on any atom is 0.343 e. The van der Waals surface area contributed by atoms with Gasteiger partial charge in [0.2, 0.25) is 5.91 Å². The molecule has 1 rings (SSSR count). The van der Waals surface area contributed by atoms with E-state index in [4.69, 9.17) is 10.5 Å². The molecule has 0 spiro atoms. The van der Waals surface area contributed by atoms with Crippen molar-refractivity contribution in [3.63, 3.8) is 0 Å². The zero-order valence-electron chi connectivity index (χ0n) is 10.5. The van der Waals surface area contributed by atoms with Crippen molar-refractivity contribution in [2.24, 2.45) is 5.73 Å². The highest BCUT2D eigenvalue weighted by atomic mass is 35.5. The van der Waals surface area contributed by atoms with Crippen molar-refractivity contribution in [3.8, 4) is 5.75 Å². The molecule has 6 nitrogen and oxygen atoms in total. The van der Waals surface area contributed by atoms with Crippen LogP contribution in [0.25, 0.3) is 0 Å². The normalized spacial score (nSPS) is 9.16. The Morgan fingerprint density at radius 2 is 2.11 bits per heavy atom. The predicted molar refractivity (Wildman–Crippen MR) is 73.5 cm³/mol. The van der Waals surface area contributed by atoms with Gasteiger partial charge in [0, 0.05) is 24.7 Å². The summed E-state index contributed by atoms with van der Waals surface area (Å²) >= 11 is 0. The fourth-order valence-electron chi connectivity index (χ4n) is 1.22. The van der Waals surface area contributed by atoms with Gasteiger partial charge < -0.3 is 20.5 Å². The van der Waals surface area contributed by atoms with Crippen molar-refractivity contribution in [2.45, 2.75) is 6.42 Å². The van der Waals surface area contributed by atoms with Gasteiger partial charge in [-0.25, -0.2) is 4.79 Å². The van der Waals surface area contributed by atoms with E-state index in [2.05, 4.69) is 10.1 Å². The fraction of sp³-hybridized carbons (Fsp3) is 0.333. The molecule has 1 amide bonds. The first-order valence-corrected chi connectivity index (χ1v) is 5.45. The van der Waals surface area contributed by atoms with E-state index in [0.717, 1.165) is 0 Å². The van der Waals surface area contributed by atoms with Crippen LogP contribution in [-0.4, -0.2) is 32.1 Å². The number of hydrogen-bond acceptors (Lipinski definition) is 5. The molecule has 7 heteroatoms. The lowest BCUT2D eigenvalue weighted by Crippen LogP contribution is -2.16. The molecule has 0 saturated heterocycles. The van der Waals surface area contributed by atoms with Crippen LogP contribution in [0.3, 0.4) is 0 Å². The van der Waals surface area contributed by atoms with Crippen LogP contribution >= 0.6 is 12.4 Å². The quantitative estimate of drug-likeness (QED) is 0.761. The Hall–Kier alpha value is -1.79. The topological polar surface area (TPSA) is 90.6 Å². The van der Waals surface area contributed by atoms with Crippen molar-refractivity contribution >= 4 is 30.0 Å². The molecule has 0 fully saturated rings. The average molecular weight is 289 g/mol. The van der Waals surface area contributed by atoms with Crippen LogP contribution in [0.4, 0.5) is 5.69 Å². The van der Waals surface area contributed by atoms with Crippen molar-refractivity contribution in [3.05, 3.63) is 24.3 Å². The smallest absolute Gasteiger partial charge is 0.343 e. The third-order valence-corrected chi connectivity index (χ3v) is 2.07. The highest BCUT2D eigenvalue weighted by Gasteiger charge is 2.04. The van der Waals surface area contributed by atoms with E-state index >= 15 is 0 Å². The third kappa shape index (κ3) is 6.64. The highest BCUT2D eigenvalue weighted by Crippen LogP contribution is 2.17. The molecule has 1 aromatic carbocycles. The van der Waals surface area contributed by atoms with E-state index in [0.29, 0.717) is 18.0 Å². The molecule has 0 heterocycles. The van der Waals surface area contributed by atoms with Gasteiger partial charge in [0.15, 0.2) is 6.61 Å². The molecule has 0 bridgehead atoms. The molecule has 0 saturated carbocycles. The number of rotatable bonds is 6. The van der Waals surface area contributed by atoms with Gasteiger partial charge in [-0.3, -0.25) is 4.79 Å². The molecule has 0 aromatic heterocycles. The zero-order chi connectivity index (χ0) is 13.4. The Morgan fingerprint density at radius 3 is 2.74 bits per heavy atom. The molecule has 0 aliphatic heterocycles. The number of methoxy groups -OCH3 is 1. The Labute approximate surface area is 117 Å². The number of carbonyl (C=O) groups is 2. The molecule has 0 radical (unpaired) electrons. The van der Waals surface area contributed by atoms with E-state index in [-0.39, 0.29) is 31.3 Å². The van der Waals surface area contributed by atoms with Crippen molar-refractivity contribution in [1.29, 1.82) is 0 Å². The summed E-state index contributed by atoms with van der Waals surface area (Å²) in [4.78, 5) is 22.2. The number of anilines is 1. The number of ether oxygens (including phenoxy) is 2. The van der Waals surface area contributed by atoms with Crippen LogP contribution in [0, 0.1) is 0 Å². The first-order valence-electron chi connectivity index (χ1n) is 5.45. The molecule has 19 heavy (non-hydrogen) atoms. The van der Waals surface area contributed by atoms with E-state index in [1.165, 1.54) is 7.11 Å². The maximum absolute atomic E-state index is 11.3. The number of halogens is 1. The van der Waals surface area contributed by atoms with Crippen molar-refractivity contribution in [2.75, 3.05) is 25.6 Å². The summed E-state index contributed by atoms with van der Waals surface area (Å²) in [5.41, 5.74) is 5.87. The lowest BCUT2D eigenvalue weighted by molar-refractivity contribution is -0.142. The van der Waals surface area contributed by atoms with Gasteiger partial charge >= 0.3 is 5.97 Å². The largest absolute Gasteiger partial charge is 0.482 e. The summed E-state index contributed by atoms with van der Waals surface area (Å²) in [5.74, 6) is -0.152. The second-order valence-electron chi connectivity index (χ2n) is 3.48. The van der Waals surface area contributed by atoms with Crippen molar-refractivity contribution in [1.82, 2.24) is 0 Å². The third-order valence-electron chi connectivity index (χ3n) is 2.07. The SMILES string of the molecule is COC(=O)COc1cccc(NC(=O)CCN)c1.Cl. The number of amides is 1. The van der Waals surface area contributed by atoms with E-state index in [1.54, 1.807) is 24.3 Å². The average Bonchev–Trinajstić information content (AvgIpc) is 2.36. The van der Waals surface area contributed by atoms with E-state index in [9.17, 15) is 9.59 Å². The Balaban J connectivity index is 0.00000324. The summed E-state index contributed by atoms with van der Waals surface area (Å²) in [6, 6.07) is 6.74. The first kappa shape index (κ1) is 17.2. The van der Waals surface area contributed by atoms with Crippen LogP contribution < -0.4 is 15.8 Å². The number of nitrogens with two attached hydrogens (primary N) is 1. The fourth-order valence-corrected chi connectivity index (χ4v) is 1.22. The van der Waals surface area contributed by atoms with Gasteiger partial charge in [0.05, 0.1) is 7.11 Å². The number of esters is 1. The lowest BCUT2D eigenvalue weighted by Gasteiger charge is -2.08. The van der Waals surface area contributed by atoms with Crippen LogP contribution in [-0.2, 0) is 14.3 Å². The minimum atomic E-state index is -0.465. The first-order chi connectivity index (χ1) is 8.65. The summed E-state index contributed by atoms with van der Waals surface area (Å²) in [6.07, 6.45) is 0.257. The monoisotopic (exact) mass is 288 g/mol. The van der Waals surface area contributed by atoms with Crippen LogP contribution in [0.15, 0.2) is 24.3 Å². The van der Waals surface area contributed by atoms with Gasteiger partial charge in [0.1, 0.15) is 5.75 Å². The van der Waals surface area contributed by atoms with Gasteiger partial charge in [0.25, 0.3) is 0 Å². The zero-order valence-corrected chi connectivity index (χ0v) is 11.4. The van der Waals surface area contributed by atoms with E-state index in [1.807, 2.05) is 0 Å². The molecule has 3 N–H and O–H groups in total. The molecular weight excluding hydrogens is 272 g/mol. The molecule has 0 unspecified atom stereocenters. The van der Waals surface area contributed by atoms with Gasteiger partial charge in [-0.1, -0.05) is 6.07 Å². The Bertz CT molecular complexity index is 426. The minimum absolute atomic E-state index is 0. The second-order valence-corrected chi connectivity index (χ2v) is 3.48. The molecule has 0 atom stereocenters. The predicted octanol–water partition coefficient (Wildman–Crippen LogP) is 0.947. The van der Waals surface area contributed by atoms with Crippen LogP contribution in [0.5, 0.6) is 5.75 Å². The number of carbonyl (C=O) groups excluding carboxylic acids is 2. The molecule has 0 aliphatic carbocycles. The standard InChI is InChI=1S/C12H16N2O4.ClH/c1-17-12(16)8-18-10-4-2-3-9(7-10)14-11(15)5-6-13;/h2-4,7H,5-6,8,13H2,1H3,(H,14,15);1H. The van der Waals surface area contributed by atoms with Gasteiger partial charge in [-0.15, -0.1) is 12.4 Å².